The lowest BCUT2D eigenvalue weighted by molar-refractivity contribution is 0.129. The summed E-state index contributed by atoms with van der Waals surface area (Å²) in [6.07, 6.45) is 2.89. The molecule has 1 rings (SSSR count). The summed E-state index contributed by atoms with van der Waals surface area (Å²) in [4.78, 5) is 5.14. The molecule has 1 radical (unpaired) electrons. The monoisotopic (exact) mass is 220 g/mol. The minimum absolute atomic E-state index is 0.0695. The topological polar surface area (TPSA) is 30.8 Å². The van der Waals surface area contributed by atoms with Crippen molar-refractivity contribution in [3.63, 3.8) is 0 Å². The van der Waals surface area contributed by atoms with Crippen molar-refractivity contribution < 1.29 is 9.57 Å². The van der Waals surface area contributed by atoms with E-state index in [4.69, 9.17) is 9.57 Å². The van der Waals surface area contributed by atoms with Crippen LogP contribution in [0.5, 0.6) is 5.75 Å². The number of benzene rings is 1. The van der Waals surface area contributed by atoms with E-state index in [0.29, 0.717) is 6.61 Å². The Hall–Kier alpha value is -1.51. The largest absolute Gasteiger partial charge is 0.497 e. The molecule has 0 aliphatic heterocycles. The van der Waals surface area contributed by atoms with E-state index in [0.717, 1.165) is 11.3 Å². The van der Waals surface area contributed by atoms with Crippen LogP contribution in [-0.2, 0) is 11.4 Å². The summed E-state index contributed by atoms with van der Waals surface area (Å²) in [5, 5.41) is 3.80. The fourth-order valence-electron chi connectivity index (χ4n) is 0.998. The highest BCUT2D eigenvalue weighted by molar-refractivity contribution is 5.63. The lowest BCUT2D eigenvalue weighted by Crippen LogP contribution is -2.06. The molecule has 0 aliphatic carbocycles. The van der Waals surface area contributed by atoms with Gasteiger partial charge in [-0.05, 0) is 17.7 Å². The van der Waals surface area contributed by atoms with Gasteiger partial charge in [0.2, 0.25) is 0 Å². The number of methoxy groups -OCH3 is 1. The minimum Gasteiger partial charge on any atom is -0.497 e. The number of nitrogens with zero attached hydrogens (tertiary/aromatic N) is 1. The first-order valence-corrected chi connectivity index (χ1v) is 5.23. The van der Waals surface area contributed by atoms with Gasteiger partial charge in [-0.25, -0.2) is 0 Å². The van der Waals surface area contributed by atoms with Crippen molar-refractivity contribution in [1.82, 2.24) is 0 Å². The Morgan fingerprint density at radius 1 is 1.19 bits per heavy atom. The van der Waals surface area contributed by atoms with Crippen molar-refractivity contribution in [2.45, 2.75) is 27.4 Å². The lowest BCUT2D eigenvalue weighted by Gasteiger charge is -2.08. The van der Waals surface area contributed by atoms with Gasteiger partial charge in [0.05, 0.1) is 7.11 Å². The van der Waals surface area contributed by atoms with E-state index in [-0.39, 0.29) is 5.41 Å². The summed E-state index contributed by atoms with van der Waals surface area (Å²) in [7, 11) is 1.65. The summed E-state index contributed by atoms with van der Waals surface area (Å²) in [6.45, 7) is 6.51. The van der Waals surface area contributed by atoms with Gasteiger partial charge < -0.3 is 9.57 Å². The zero-order valence-corrected chi connectivity index (χ0v) is 10.3. The van der Waals surface area contributed by atoms with E-state index >= 15 is 0 Å². The van der Waals surface area contributed by atoms with E-state index in [1.807, 2.05) is 45.0 Å². The smallest absolute Gasteiger partial charge is 0.142 e. The predicted octanol–water partition coefficient (Wildman–Crippen LogP) is 3.12. The van der Waals surface area contributed by atoms with Crippen molar-refractivity contribution in [3.8, 4) is 5.75 Å². The van der Waals surface area contributed by atoms with Gasteiger partial charge in [0, 0.05) is 5.41 Å². The number of rotatable bonds is 4. The summed E-state index contributed by atoms with van der Waals surface area (Å²) in [5.74, 6) is 0.841. The van der Waals surface area contributed by atoms with E-state index < -0.39 is 0 Å². The molecule has 0 atom stereocenters. The quantitative estimate of drug-likeness (QED) is 0.576. The molecule has 0 N–H and O–H groups in total. The van der Waals surface area contributed by atoms with Gasteiger partial charge in [0.1, 0.15) is 18.6 Å². The molecular weight excluding hydrogens is 202 g/mol. The standard InChI is InChI=1S/C13H18NO2/c1-13(2,3)10-14-16-9-11-5-7-12(15-4)8-6-11/h5-8H,9H2,1-4H3. The summed E-state index contributed by atoms with van der Waals surface area (Å²) in [6, 6.07) is 7.70. The second-order valence-corrected chi connectivity index (χ2v) is 4.57. The second kappa shape index (κ2) is 5.54. The molecule has 0 aliphatic rings. The molecule has 3 heteroatoms. The van der Waals surface area contributed by atoms with E-state index in [1.54, 1.807) is 7.11 Å². The Morgan fingerprint density at radius 2 is 1.81 bits per heavy atom. The van der Waals surface area contributed by atoms with Crippen LogP contribution in [0.2, 0.25) is 0 Å². The van der Waals surface area contributed by atoms with E-state index in [2.05, 4.69) is 11.4 Å². The highest BCUT2D eigenvalue weighted by Crippen LogP contribution is 2.12. The molecule has 1 aromatic rings. The van der Waals surface area contributed by atoms with Crippen molar-refractivity contribution in [2.24, 2.45) is 10.6 Å². The number of hydrogen-bond acceptors (Lipinski definition) is 3. The van der Waals surface area contributed by atoms with Crippen LogP contribution in [0.25, 0.3) is 0 Å². The van der Waals surface area contributed by atoms with Gasteiger partial charge in [-0.3, -0.25) is 0 Å². The normalized spacial score (nSPS) is 11.8. The van der Waals surface area contributed by atoms with Crippen LogP contribution in [0.3, 0.4) is 0 Å². The fourth-order valence-corrected chi connectivity index (χ4v) is 0.998. The molecule has 87 valence electrons. The number of ether oxygens (including phenoxy) is 1. The third kappa shape index (κ3) is 4.82. The van der Waals surface area contributed by atoms with Crippen molar-refractivity contribution in [1.29, 1.82) is 0 Å². The molecule has 0 saturated heterocycles. The van der Waals surface area contributed by atoms with Gasteiger partial charge in [-0.15, -0.1) is 0 Å². The molecule has 0 saturated carbocycles. The van der Waals surface area contributed by atoms with Gasteiger partial charge >= 0.3 is 0 Å². The first-order chi connectivity index (χ1) is 7.51. The van der Waals surface area contributed by atoms with Gasteiger partial charge in [-0.2, -0.15) is 0 Å². The molecule has 16 heavy (non-hydrogen) atoms. The molecule has 0 heterocycles. The SMILES string of the molecule is COc1ccc(CO/N=[C]\C(C)(C)C)cc1. The molecule has 1 aromatic carbocycles. The maximum absolute atomic E-state index is 5.14. The van der Waals surface area contributed by atoms with Crippen LogP contribution in [-0.4, -0.2) is 13.3 Å². The molecule has 0 amide bonds. The maximum Gasteiger partial charge on any atom is 0.142 e. The predicted molar refractivity (Wildman–Crippen MR) is 64.7 cm³/mol. The minimum atomic E-state index is -0.0695. The molecule has 0 aromatic heterocycles. The van der Waals surface area contributed by atoms with Crippen molar-refractivity contribution in [3.05, 3.63) is 29.8 Å². The third-order valence-corrected chi connectivity index (χ3v) is 1.84. The van der Waals surface area contributed by atoms with Gasteiger partial charge in [0.15, 0.2) is 0 Å². The summed E-state index contributed by atoms with van der Waals surface area (Å²) < 4.78 is 5.06. The van der Waals surface area contributed by atoms with Crippen LogP contribution >= 0.6 is 0 Å². The zero-order valence-electron chi connectivity index (χ0n) is 10.3. The van der Waals surface area contributed by atoms with Crippen LogP contribution in [0.4, 0.5) is 0 Å². The third-order valence-electron chi connectivity index (χ3n) is 1.84. The molecule has 0 fully saturated rings. The zero-order chi connectivity index (χ0) is 12.0. The van der Waals surface area contributed by atoms with Crippen LogP contribution in [0.15, 0.2) is 29.4 Å². The Kier molecular flexibility index (Phi) is 4.35. The van der Waals surface area contributed by atoms with Crippen LogP contribution in [0.1, 0.15) is 26.3 Å². The van der Waals surface area contributed by atoms with Gasteiger partial charge in [0.25, 0.3) is 0 Å². The van der Waals surface area contributed by atoms with E-state index in [9.17, 15) is 0 Å². The summed E-state index contributed by atoms with van der Waals surface area (Å²) in [5.41, 5.74) is 0.986. The fraction of sp³-hybridized carbons (Fsp3) is 0.462. The second-order valence-electron chi connectivity index (χ2n) is 4.57. The summed E-state index contributed by atoms with van der Waals surface area (Å²) >= 11 is 0. The molecule has 0 spiro atoms. The maximum atomic E-state index is 5.14. The molecule has 3 nitrogen and oxygen atoms in total. The van der Waals surface area contributed by atoms with Crippen molar-refractivity contribution in [2.75, 3.05) is 7.11 Å². The van der Waals surface area contributed by atoms with Gasteiger partial charge in [-0.1, -0.05) is 38.1 Å². The number of hydrogen-bond donors (Lipinski definition) is 0. The van der Waals surface area contributed by atoms with Crippen LogP contribution in [0, 0.1) is 5.41 Å². The Labute approximate surface area is 97.1 Å². The molecule has 0 bridgehead atoms. The first-order valence-electron chi connectivity index (χ1n) is 5.23. The Bertz CT molecular complexity index is 336. The average molecular weight is 220 g/mol. The highest BCUT2D eigenvalue weighted by atomic mass is 16.6. The average Bonchev–Trinajstić information content (AvgIpc) is 2.24. The Morgan fingerprint density at radius 3 is 2.31 bits per heavy atom. The molecule has 0 unspecified atom stereocenters. The Balaban J connectivity index is 2.40. The van der Waals surface area contributed by atoms with Crippen LogP contribution < -0.4 is 4.74 Å². The van der Waals surface area contributed by atoms with Crippen molar-refractivity contribution >= 4 is 6.21 Å². The van der Waals surface area contributed by atoms with E-state index in [1.165, 1.54) is 0 Å². The first kappa shape index (κ1) is 12.6. The lowest BCUT2D eigenvalue weighted by atomic mass is 10.00. The molecular formula is C13H18NO2. The highest BCUT2D eigenvalue weighted by Gasteiger charge is 2.06.